The topological polar surface area (TPSA) is 124 Å². The lowest BCUT2D eigenvalue weighted by Gasteiger charge is -2.33. The summed E-state index contributed by atoms with van der Waals surface area (Å²) in [6.45, 7) is 1.20. The molecule has 3 aromatic carbocycles. The summed E-state index contributed by atoms with van der Waals surface area (Å²) in [5.74, 6) is 1.69. The van der Waals surface area contributed by atoms with Crippen LogP contribution in [0.5, 0.6) is 11.5 Å². The fourth-order valence-electron chi connectivity index (χ4n) is 6.84. The molecule has 234 valence electrons. The number of ether oxygens (including phenoxy) is 1. The van der Waals surface area contributed by atoms with Crippen LogP contribution in [0.15, 0.2) is 60.8 Å². The van der Waals surface area contributed by atoms with E-state index in [9.17, 15) is 14.3 Å². The van der Waals surface area contributed by atoms with Crippen LogP contribution in [-0.4, -0.2) is 72.6 Å². The number of carbonyl (C=O) groups is 1. The number of nitrogens with zero attached hydrogens (tertiary/aromatic N) is 6. The standard InChI is InChI=1S/C35H34FN7O3/c1-41-33-28(10-23(13-32(33)46-2)35(45)42-17-24(36)14-25(37)18-42)39-34(41)30-12-22-6-5-21(11-29(22)43(30)16-19-3-4-19)20-7-8-27-26(9-20)31(44)15-38-40-27/h5-13,15,19,24-25H,3-4,14,16-18,37H2,1-2H3,(H,40,44)/t24-,25-/m1/s1. The second kappa shape index (κ2) is 10.8. The molecule has 1 aliphatic heterocycles. The number of hydrogen-bond acceptors (Lipinski definition) is 7. The zero-order valence-electron chi connectivity index (χ0n) is 25.7. The summed E-state index contributed by atoms with van der Waals surface area (Å²) in [5.41, 5.74) is 12.5. The van der Waals surface area contributed by atoms with Gasteiger partial charge in [-0.05, 0) is 72.7 Å². The summed E-state index contributed by atoms with van der Waals surface area (Å²) >= 11 is 0. The highest BCUT2D eigenvalue weighted by atomic mass is 19.1. The highest BCUT2D eigenvalue weighted by Gasteiger charge is 2.30. The van der Waals surface area contributed by atoms with Gasteiger partial charge in [-0.25, -0.2) is 9.37 Å². The summed E-state index contributed by atoms with van der Waals surface area (Å²) in [6.07, 6.45) is 2.84. The van der Waals surface area contributed by atoms with Crippen molar-refractivity contribution in [3.05, 3.63) is 66.4 Å². The normalized spacial score (nSPS) is 18.6. The summed E-state index contributed by atoms with van der Waals surface area (Å²) in [4.78, 5) is 20.0. The van der Waals surface area contributed by atoms with Crippen molar-refractivity contribution in [2.24, 2.45) is 18.7 Å². The van der Waals surface area contributed by atoms with Gasteiger partial charge in [-0.15, -0.1) is 0 Å². The van der Waals surface area contributed by atoms with Crippen molar-refractivity contribution in [1.29, 1.82) is 0 Å². The second-order valence-electron chi connectivity index (χ2n) is 12.7. The minimum absolute atomic E-state index is 0.0259. The molecule has 3 N–H and O–H groups in total. The number of piperidine rings is 1. The Morgan fingerprint density at radius 1 is 1.07 bits per heavy atom. The molecule has 1 saturated carbocycles. The number of amides is 1. The van der Waals surface area contributed by atoms with E-state index in [1.54, 1.807) is 19.2 Å². The molecule has 0 radical (unpaired) electrons. The van der Waals surface area contributed by atoms with Gasteiger partial charge in [0.2, 0.25) is 0 Å². The summed E-state index contributed by atoms with van der Waals surface area (Å²) < 4.78 is 24.4. The van der Waals surface area contributed by atoms with Crippen LogP contribution >= 0.6 is 0 Å². The van der Waals surface area contributed by atoms with Crippen LogP contribution < -0.4 is 10.5 Å². The number of aromatic hydroxyl groups is 1. The van der Waals surface area contributed by atoms with Gasteiger partial charge in [-0.1, -0.05) is 18.2 Å². The number of carbonyl (C=O) groups excluding carboxylic acids is 1. The van der Waals surface area contributed by atoms with Crippen LogP contribution in [-0.2, 0) is 13.6 Å². The third-order valence-corrected chi connectivity index (χ3v) is 9.34. The van der Waals surface area contributed by atoms with Crippen LogP contribution in [0.2, 0.25) is 0 Å². The van der Waals surface area contributed by atoms with Gasteiger partial charge < -0.3 is 29.6 Å². The molecule has 2 fully saturated rings. The second-order valence-corrected chi connectivity index (χ2v) is 12.7. The van der Waals surface area contributed by atoms with Gasteiger partial charge in [0.1, 0.15) is 23.2 Å². The zero-order valence-corrected chi connectivity index (χ0v) is 25.7. The molecule has 3 aromatic heterocycles. The van der Waals surface area contributed by atoms with Gasteiger partial charge in [0.15, 0.2) is 5.82 Å². The molecular weight excluding hydrogens is 585 g/mol. The quantitative estimate of drug-likeness (QED) is 0.254. The monoisotopic (exact) mass is 619 g/mol. The number of methoxy groups -OCH3 is 1. The fourth-order valence-corrected chi connectivity index (χ4v) is 6.84. The van der Waals surface area contributed by atoms with E-state index in [2.05, 4.69) is 39.0 Å². The first-order chi connectivity index (χ1) is 22.3. The maximum Gasteiger partial charge on any atom is 0.254 e. The first-order valence-electron chi connectivity index (χ1n) is 15.6. The number of imidazole rings is 1. The molecule has 6 aromatic rings. The molecule has 0 spiro atoms. The SMILES string of the molecule is COc1cc(C(=O)N2C[C@H](N)C[C@@H](F)C2)cc2nc(-c3cc4ccc(-c5ccc6nncc(O)c6c5)cc4n3CC3CC3)n(C)c12. The molecule has 46 heavy (non-hydrogen) atoms. The predicted octanol–water partition coefficient (Wildman–Crippen LogP) is 5.44. The van der Waals surface area contributed by atoms with Crippen molar-refractivity contribution in [2.45, 2.75) is 38.0 Å². The minimum Gasteiger partial charge on any atom is -0.506 e. The molecular formula is C35H34FN7O3. The number of likely N-dealkylation sites (tertiary alicyclic amines) is 1. The number of aryl methyl sites for hydroxylation is 1. The molecule has 1 aliphatic carbocycles. The van der Waals surface area contributed by atoms with Crippen molar-refractivity contribution in [2.75, 3.05) is 20.2 Å². The van der Waals surface area contributed by atoms with Crippen molar-refractivity contribution in [3.63, 3.8) is 0 Å². The van der Waals surface area contributed by atoms with E-state index in [0.717, 1.165) is 45.6 Å². The molecule has 4 heterocycles. The van der Waals surface area contributed by atoms with Crippen LogP contribution in [0.3, 0.4) is 0 Å². The fraction of sp³-hybridized carbons (Fsp3) is 0.314. The molecule has 8 rings (SSSR count). The third-order valence-electron chi connectivity index (χ3n) is 9.34. The lowest BCUT2D eigenvalue weighted by atomic mass is 10.0. The molecule has 0 unspecified atom stereocenters. The molecule has 2 atom stereocenters. The van der Waals surface area contributed by atoms with Gasteiger partial charge in [-0.3, -0.25) is 4.79 Å². The van der Waals surface area contributed by atoms with E-state index in [0.29, 0.717) is 40.2 Å². The van der Waals surface area contributed by atoms with Crippen molar-refractivity contribution < 1.29 is 19.0 Å². The lowest BCUT2D eigenvalue weighted by Crippen LogP contribution is -2.50. The molecule has 11 heteroatoms. The molecule has 0 bridgehead atoms. The maximum absolute atomic E-state index is 14.3. The highest BCUT2D eigenvalue weighted by Crippen LogP contribution is 2.39. The number of rotatable bonds is 6. The highest BCUT2D eigenvalue weighted by molar-refractivity contribution is 6.00. The number of nitrogens with two attached hydrogens (primary N) is 1. The van der Waals surface area contributed by atoms with E-state index in [1.165, 1.54) is 23.9 Å². The molecule has 10 nitrogen and oxygen atoms in total. The number of halogens is 1. The minimum atomic E-state index is -1.14. The zero-order chi connectivity index (χ0) is 31.7. The first kappa shape index (κ1) is 28.4. The summed E-state index contributed by atoms with van der Waals surface area (Å²) in [7, 11) is 3.54. The Labute approximate surface area is 264 Å². The van der Waals surface area contributed by atoms with E-state index >= 15 is 0 Å². The number of aromatic nitrogens is 5. The number of alkyl halides is 1. The lowest BCUT2D eigenvalue weighted by molar-refractivity contribution is 0.0606. The van der Waals surface area contributed by atoms with Gasteiger partial charge in [0.25, 0.3) is 5.91 Å². The van der Waals surface area contributed by atoms with Crippen molar-refractivity contribution in [3.8, 4) is 34.1 Å². The number of fused-ring (bicyclic) bond motifs is 3. The Morgan fingerprint density at radius 3 is 2.65 bits per heavy atom. The average molecular weight is 620 g/mol. The van der Waals surface area contributed by atoms with Crippen LogP contribution in [0.1, 0.15) is 29.6 Å². The Kier molecular flexibility index (Phi) is 6.68. The summed E-state index contributed by atoms with van der Waals surface area (Å²) in [6, 6.07) is 17.5. The smallest absolute Gasteiger partial charge is 0.254 e. The van der Waals surface area contributed by atoms with E-state index in [1.807, 2.05) is 29.8 Å². The maximum atomic E-state index is 14.3. The number of hydrogen-bond donors (Lipinski definition) is 2. The van der Waals surface area contributed by atoms with Crippen molar-refractivity contribution in [1.82, 2.24) is 29.2 Å². The van der Waals surface area contributed by atoms with Gasteiger partial charge in [0, 0.05) is 48.0 Å². The van der Waals surface area contributed by atoms with Crippen LogP contribution in [0, 0.1) is 5.92 Å². The van der Waals surface area contributed by atoms with E-state index < -0.39 is 12.2 Å². The summed E-state index contributed by atoms with van der Waals surface area (Å²) in [5, 5.41) is 20.1. The average Bonchev–Trinajstić information content (AvgIpc) is 3.72. The largest absolute Gasteiger partial charge is 0.506 e. The third kappa shape index (κ3) is 4.82. The molecule has 1 amide bonds. The Hall–Kier alpha value is -5.03. The first-order valence-corrected chi connectivity index (χ1v) is 15.6. The van der Waals surface area contributed by atoms with Crippen LogP contribution in [0.25, 0.3) is 55.5 Å². The van der Waals surface area contributed by atoms with Crippen LogP contribution in [0.4, 0.5) is 4.39 Å². The predicted molar refractivity (Wildman–Crippen MR) is 175 cm³/mol. The Morgan fingerprint density at radius 2 is 1.87 bits per heavy atom. The van der Waals surface area contributed by atoms with Gasteiger partial charge in [0.05, 0.1) is 36.6 Å². The Bertz CT molecular complexity index is 2160. The van der Waals surface area contributed by atoms with Crippen molar-refractivity contribution >= 4 is 38.7 Å². The van der Waals surface area contributed by atoms with Gasteiger partial charge in [-0.2, -0.15) is 10.2 Å². The van der Waals surface area contributed by atoms with E-state index in [4.69, 9.17) is 15.5 Å². The Balaban J connectivity index is 1.24. The van der Waals surface area contributed by atoms with Gasteiger partial charge >= 0.3 is 0 Å². The van der Waals surface area contributed by atoms with E-state index in [-0.39, 0.29) is 24.6 Å². The molecule has 1 saturated heterocycles. The molecule has 2 aliphatic rings. The number of benzene rings is 3.